The lowest BCUT2D eigenvalue weighted by atomic mass is 10.1. The van der Waals surface area contributed by atoms with Crippen LogP contribution >= 0.6 is 23.2 Å². The average Bonchev–Trinajstić information content (AvgIpc) is 2.20. The molecule has 0 heterocycles. The van der Waals surface area contributed by atoms with Crippen molar-refractivity contribution in [3.63, 3.8) is 0 Å². The fourth-order valence-electron chi connectivity index (χ4n) is 1.30. The highest BCUT2D eigenvalue weighted by Crippen LogP contribution is 2.15. The van der Waals surface area contributed by atoms with Gasteiger partial charge in [-0.3, -0.25) is 0 Å². The molecule has 0 bridgehead atoms. The number of nitrogens with zero attached hydrogens (tertiary/aromatic N) is 1. The quantitative estimate of drug-likeness (QED) is 0.725. The van der Waals surface area contributed by atoms with Gasteiger partial charge in [-0.1, -0.05) is 11.6 Å². The Bertz CT molecular complexity index is 317. The number of hydrogen-bond donors (Lipinski definition) is 0. The van der Waals surface area contributed by atoms with Gasteiger partial charge < -0.3 is 4.90 Å². The fraction of sp³-hybridized carbons (Fsp3) is 0.455. The van der Waals surface area contributed by atoms with Crippen LogP contribution in [0.2, 0.25) is 5.02 Å². The second-order valence-electron chi connectivity index (χ2n) is 3.48. The summed E-state index contributed by atoms with van der Waals surface area (Å²) < 4.78 is 13.3. The molecule has 0 aliphatic heterocycles. The van der Waals surface area contributed by atoms with Gasteiger partial charge in [0.2, 0.25) is 0 Å². The van der Waals surface area contributed by atoms with Crippen LogP contribution in [-0.4, -0.2) is 30.9 Å². The maximum absolute atomic E-state index is 13.3. The number of halogens is 3. The molecular formula is C11H14Cl2FN. The summed E-state index contributed by atoms with van der Waals surface area (Å²) in [5.41, 5.74) is 0.656. The molecular weight excluding hydrogens is 236 g/mol. The fourth-order valence-corrected chi connectivity index (χ4v) is 1.79. The molecule has 1 nitrogen and oxygen atoms in total. The molecule has 1 rings (SSSR count). The third-order valence-corrected chi connectivity index (χ3v) is 2.64. The second kappa shape index (κ2) is 6.31. The Morgan fingerprint density at radius 1 is 1.33 bits per heavy atom. The van der Waals surface area contributed by atoms with Crippen molar-refractivity contribution in [3.8, 4) is 0 Å². The van der Waals surface area contributed by atoms with Crippen molar-refractivity contribution in [2.45, 2.75) is 6.42 Å². The van der Waals surface area contributed by atoms with Crippen LogP contribution in [0.5, 0.6) is 0 Å². The van der Waals surface area contributed by atoms with E-state index in [-0.39, 0.29) is 5.82 Å². The molecule has 1 aromatic rings. The summed E-state index contributed by atoms with van der Waals surface area (Å²) in [6, 6.07) is 4.63. The summed E-state index contributed by atoms with van der Waals surface area (Å²) in [7, 11) is 1.96. The molecule has 0 fully saturated rings. The standard InChI is InChI=1S/C11H14Cl2FN/c1-15(7-5-12)6-4-9-8-10(13)2-3-11(9)14/h2-3,8H,4-7H2,1H3. The predicted molar refractivity (Wildman–Crippen MR) is 63.3 cm³/mol. The molecule has 0 aliphatic rings. The Morgan fingerprint density at radius 2 is 2.07 bits per heavy atom. The number of hydrogen-bond acceptors (Lipinski definition) is 1. The van der Waals surface area contributed by atoms with Crippen molar-refractivity contribution in [3.05, 3.63) is 34.6 Å². The van der Waals surface area contributed by atoms with Gasteiger partial charge in [0.25, 0.3) is 0 Å². The summed E-state index contributed by atoms with van der Waals surface area (Å²) in [5.74, 6) is 0.396. The molecule has 0 aliphatic carbocycles. The molecule has 0 N–H and O–H groups in total. The summed E-state index contributed by atoms with van der Waals surface area (Å²) in [6.07, 6.45) is 0.653. The summed E-state index contributed by atoms with van der Waals surface area (Å²) in [5, 5.41) is 0.575. The monoisotopic (exact) mass is 249 g/mol. The van der Waals surface area contributed by atoms with E-state index < -0.39 is 0 Å². The molecule has 0 unspecified atom stereocenters. The van der Waals surface area contributed by atoms with Crippen LogP contribution in [0.3, 0.4) is 0 Å². The minimum Gasteiger partial charge on any atom is -0.305 e. The Morgan fingerprint density at radius 3 is 2.73 bits per heavy atom. The van der Waals surface area contributed by atoms with Gasteiger partial charge in [0.1, 0.15) is 5.82 Å². The lowest BCUT2D eigenvalue weighted by molar-refractivity contribution is 0.357. The van der Waals surface area contributed by atoms with E-state index in [1.54, 1.807) is 12.1 Å². The third-order valence-electron chi connectivity index (χ3n) is 2.24. The Labute approximate surface area is 99.8 Å². The largest absolute Gasteiger partial charge is 0.305 e. The van der Waals surface area contributed by atoms with Crippen molar-refractivity contribution in [1.82, 2.24) is 4.90 Å². The number of benzene rings is 1. The Balaban J connectivity index is 2.53. The minimum absolute atomic E-state index is 0.196. The van der Waals surface area contributed by atoms with Crippen LogP contribution in [0.15, 0.2) is 18.2 Å². The smallest absolute Gasteiger partial charge is 0.126 e. The first-order valence-electron chi connectivity index (χ1n) is 4.82. The van der Waals surface area contributed by atoms with Crippen LogP contribution in [0.25, 0.3) is 0 Å². The maximum atomic E-state index is 13.3. The zero-order valence-corrected chi connectivity index (χ0v) is 10.2. The molecule has 0 spiro atoms. The van der Waals surface area contributed by atoms with Gasteiger partial charge in [0, 0.05) is 24.0 Å². The lowest BCUT2D eigenvalue weighted by Crippen LogP contribution is -2.23. The van der Waals surface area contributed by atoms with E-state index in [9.17, 15) is 4.39 Å². The zero-order valence-electron chi connectivity index (χ0n) is 8.64. The molecule has 0 saturated carbocycles. The van der Waals surface area contributed by atoms with Crippen molar-refractivity contribution >= 4 is 23.2 Å². The highest BCUT2D eigenvalue weighted by Gasteiger charge is 2.04. The summed E-state index contributed by atoms with van der Waals surface area (Å²) >= 11 is 11.4. The van der Waals surface area contributed by atoms with E-state index in [1.807, 2.05) is 7.05 Å². The van der Waals surface area contributed by atoms with E-state index >= 15 is 0 Å². The first-order valence-corrected chi connectivity index (χ1v) is 5.73. The number of rotatable bonds is 5. The molecule has 0 saturated heterocycles. The zero-order chi connectivity index (χ0) is 11.3. The van der Waals surface area contributed by atoms with Crippen LogP contribution in [0.4, 0.5) is 4.39 Å². The van der Waals surface area contributed by atoms with E-state index in [4.69, 9.17) is 23.2 Å². The van der Waals surface area contributed by atoms with Crippen LogP contribution in [-0.2, 0) is 6.42 Å². The Hall–Kier alpha value is -0.310. The highest BCUT2D eigenvalue weighted by atomic mass is 35.5. The van der Waals surface area contributed by atoms with Crippen LogP contribution in [0.1, 0.15) is 5.56 Å². The van der Waals surface area contributed by atoms with Crippen LogP contribution < -0.4 is 0 Å². The van der Waals surface area contributed by atoms with E-state index in [0.29, 0.717) is 22.9 Å². The lowest BCUT2D eigenvalue weighted by Gasteiger charge is -2.14. The van der Waals surface area contributed by atoms with Crippen LogP contribution in [0, 0.1) is 5.82 Å². The first kappa shape index (κ1) is 12.8. The molecule has 4 heteroatoms. The van der Waals surface area contributed by atoms with Gasteiger partial charge in [-0.05, 0) is 37.2 Å². The van der Waals surface area contributed by atoms with E-state index in [0.717, 1.165) is 13.1 Å². The predicted octanol–water partition coefficient (Wildman–Crippen LogP) is 3.19. The van der Waals surface area contributed by atoms with Gasteiger partial charge in [-0.25, -0.2) is 4.39 Å². The third kappa shape index (κ3) is 4.37. The maximum Gasteiger partial charge on any atom is 0.126 e. The molecule has 0 atom stereocenters. The normalized spacial score (nSPS) is 11.0. The van der Waals surface area contributed by atoms with Crippen molar-refractivity contribution in [2.24, 2.45) is 0 Å². The molecule has 0 amide bonds. The van der Waals surface area contributed by atoms with Gasteiger partial charge in [-0.15, -0.1) is 11.6 Å². The average molecular weight is 250 g/mol. The molecule has 15 heavy (non-hydrogen) atoms. The van der Waals surface area contributed by atoms with Crippen molar-refractivity contribution in [2.75, 3.05) is 26.0 Å². The van der Waals surface area contributed by atoms with Gasteiger partial charge in [0.15, 0.2) is 0 Å². The summed E-state index contributed by atoms with van der Waals surface area (Å²) in [4.78, 5) is 2.06. The number of alkyl halides is 1. The number of likely N-dealkylation sites (N-methyl/N-ethyl adjacent to an activating group) is 1. The van der Waals surface area contributed by atoms with Gasteiger partial charge >= 0.3 is 0 Å². The first-order chi connectivity index (χ1) is 7.13. The Kier molecular flexibility index (Phi) is 5.37. The molecule has 0 aromatic heterocycles. The topological polar surface area (TPSA) is 3.24 Å². The van der Waals surface area contributed by atoms with Gasteiger partial charge in [-0.2, -0.15) is 0 Å². The molecule has 0 radical (unpaired) electrons. The van der Waals surface area contributed by atoms with E-state index in [2.05, 4.69) is 4.90 Å². The van der Waals surface area contributed by atoms with Crippen molar-refractivity contribution in [1.29, 1.82) is 0 Å². The SMILES string of the molecule is CN(CCCl)CCc1cc(Cl)ccc1F. The molecule has 1 aromatic carbocycles. The van der Waals surface area contributed by atoms with E-state index in [1.165, 1.54) is 6.07 Å². The highest BCUT2D eigenvalue weighted by molar-refractivity contribution is 6.30. The minimum atomic E-state index is -0.196. The van der Waals surface area contributed by atoms with Gasteiger partial charge in [0.05, 0.1) is 0 Å². The summed E-state index contributed by atoms with van der Waals surface area (Å²) in [6.45, 7) is 1.59. The second-order valence-corrected chi connectivity index (χ2v) is 4.29. The van der Waals surface area contributed by atoms with Crippen molar-refractivity contribution < 1.29 is 4.39 Å². The molecule has 84 valence electrons.